The monoisotopic (exact) mass is 321 g/mol. The zero-order chi connectivity index (χ0) is 13.2. The fraction of sp³-hybridized carbons (Fsp3) is 0.143. The summed E-state index contributed by atoms with van der Waals surface area (Å²) in [4.78, 5) is 0. The molecule has 1 N–H and O–H groups in total. The first-order chi connectivity index (χ1) is 9.24. The second-order valence-electron chi connectivity index (χ2n) is 4.37. The van der Waals surface area contributed by atoms with Crippen molar-refractivity contribution in [3.63, 3.8) is 0 Å². The van der Waals surface area contributed by atoms with E-state index in [1.807, 2.05) is 24.3 Å². The summed E-state index contributed by atoms with van der Waals surface area (Å²) in [5, 5.41) is 3.30. The molecule has 3 rings (SSSR count). The van der Waals surface area contributed by atoms with Crippen LogP contribution < -0.4 is 5.32 Å². The second-order valence-corrected chi connectivity index (χ2v) is 5.48. The fourth-order valence-corrected chi connectivity index (χ4v) is 3.05. The van der Waals surface area contributed by atoms with Crippen molar-refractivity contribution in [1.82, 2.24) is 7.96 Å². The molecule has 0 aliphatic heterocycles. The van der Waals surface area contributed by atoms with Crippen LogP contribution in [0.2, 0.25) is 0 Å². The van der Waals surface area contributed by atoms with E-state index in [0.29, 0.717) is 12.1 Å². The van der Waals surface area contributed by atoms with Crippen LogP contribution in [0.3, 0.4) is 0 Å². The van der Waals surface area contributed by atoms with E-state index in [1.54, 1.807) is 19.1 Å². The first-order valence-electron chi connectivity index (χ1n) is 5.94. The van der Waals surface area contributed by atoms with Crippen LogP contribution in [0.5, 0.6) is 0 Å². The molecule has 3 aromatic rings. The van der Waals surface area contributed by atoms with E-state index in [0.717, 1.165) is 22.3 Å². The van der Waals surface area contributed by atoms with E-state index >= 15 is 0 Å². The molecule has 0 unspecified atom stereocenters. The molecule has 96 valence electrons. The van der Waals surface area contributed by atoms with E-state index in [1.165, 1.54) is 0 Å². The van der Waals surface area contributed by atoms with Crippen molar-refractivity contribution in [2.24, 2.45) is 0 Å². The summed E-state index contributed by atoms with van der Waals surface area (Å²) in [5.41, 5.74) is 4.42. The number of nitrogens with one attached hydrogen (secondary N) is 1. The second kappa shape index (κ2) is 5.11. The third-order valence-electron chi connectivity index (χ3n) is 3.01. The van der Waals surface area contributed by atoms with Crippen LogP contribution in [0, 0.1) is 12.7 Å². The van der Waals surface area contributed by atoms with Crippen molar-refractivity contribution in [2.45, 2.75) is 13.5 Å². The molecular weight excluding hydrogens is 308 g/mol. The van der Waals surface area contributed by atoms with Gasteiger partial charge in [-0.05, 0) is 0 Å². The number of benzene rings is 2. The fourth-order valence-electron chi connectivity index (χ4n) is 1.89. The van der Waals surface area contributed by atoms with Gasteiger partial charge in [0.2, 0.25) is 0 Å². The zero-order valence-corrected chi connectivity index (χ0v) is 12.1. The van der Waals surface area contributed by atoms with Crippen LogP contribution in [0.4, 0.5) is 10.1 Å². The normalized spacial score (nSPS) is 10.8. The van der Waals surface area contributed by atoms with Gasteiger partial charge in [-0.3, -0.25) is 0 Å². The number of hydrogen-bond acceptors (Lipinski definition) is 3. The van der Waals surface area contributed by atoms with Gasteiger partial charge in [-0.25, -0.2) is 0 Å². The number of rotatable bonds is 3. The number of hydrogen-bond donors (Lipinski definition) is 1. The predicted octanol–water partition coefficient (Wildman–Crippen LogP) is 2.75. The molecule has 5 heteroatoms. The molecule has 0 amide bonds. The Morgan fingerprint density at radius 1 is 1.21 bits per heavy atom. The van der Waals surface area contributed by atoms with Crippen LogP contribution in [0.15, 0.2) is 36.4 Å². The van der Waals surface area contributed by atoms with E-state index in [2.05, 4.69) is 13.3 Å². The Hall–Kier alpha value is -1.71. The Labute approximate surface area is 116 Å². The van der Waals surface area contributed by atoms with Gasteiger partial charge in [-0.1, -0.05) is 0 Å². The summed E-state index contributed by atoms with van der Waals surface area (Å²) in [6.07, 6.45) is 0. The molecule has 0 fully saturated rings. The Kier molecular flexibility index (Phi) is 3.32. The molecular formula is C14H12FN3Se. The molecule has 2 aromatic carbocycles. The summed E-state index contributed by atoms with van der Waals surface area (Å²) in [7, 11) is 0. The predicted molar refractivity (Wildman–Crippen MR) is 74.9 cm³/mol. The molecule has 1 heterocycles. The average molecular weight is 320 g/mol. The van der Waals surface area contributed by atoms with Crippen LogP contribution in [-0.4, -0.2) is 22.9 Å². The van der Waals surface area contributed by atoms with Crippen LogP contribution in [-0.2, 0) is 6.54 Å². The van der Waals surface area contributed by atoms with E-state index in [4.69, 9.17) is 0 Å². The Morgan fingerprint density at radius 3 is 2.95 bits per heavy atom. The number of aryl methyl sites for hydroxylation is 1. The molecule has 0 aliphatic rings. The summed E-state index contributed by atoms with van der Waals surface area (Å²) in [6.45, 7) is 2.34. The maximum absolute atomic E-state index is 13.5. The molecule has 0 spiro atoms. The van der Waals surface area contributed by atoms with Gasteiger partial charge in [-0.2, -0.15) is 0 Å². The molecule has 0 aliphatic carbocycles. The van der Waals surface area contributed by atoms with Gasteiger partial charge in [0.25, 0.3) is 0 Å². The standard InChI is InChI=1S/C14H12FN3Se/c1-9-5-6-10(7-11(9)15)8-16-12-3-2-4-13-14(12)18-19-17-13/h2-7,16H,8H2,1H3. The Morgan fingerprint density at radius 2 is 2.11 bits per heavy atom. The van der Waals surface area contributed by atoms with Crippen LogP contribution in [0.25, 0.3) is 11.0 Å². The van der Waals surface area contributed by atoms with Crippen LogP contribution in [0.1, 0.15) is 11.1 Å². The summed E-state index contributed by atoms with van der Waals surface area (Å²) < 4.78 is 22.2. The number of anilines is 1. The summed E-state index contributed by atoms with van der Waals surface area (Å²) in [5.74, 6) is -0.166. The van der Waals surface area contributed by atoms with Gasteiger partial charge in [0.1, 0.15) is 0 Å². The average Bonchev–Trinajstić information content (AvgIpc) is 2.89. The zero-order valence-electron chi connectivity index (χ0n) is 10.4. The Bertz CT molecular complexity index is 724. The van der Waals surface area contributed by atoms with Gasteiger partial charge in [0.05, 0.1) is 0 Å². The van der Waals surface area contributed by atoms with Gasteiger partial charge >= 0.3 is 116 Å². The van der Waals surface area contributed by atoms with Gasteiger partial charge in [0.15, 0.2) is 0 Å². The van der Waals surface area contributed by atoms with E-state index < -0.39 is 0 Å². The minimum atomic E-state index is -0.166. The minimum absolute atomic E-state index is 0.0317. The van der Waals surface area contributed by atoms with Crippen LogP contribution >= 0.6 is 0 Å². The summed E-state index contributed by atoms with van der Waals surface area (Å²) in [6, 6.07) is 11.2. The van der Waals surface area contributed by atoms with E-state index in [-0.39, 0.29) is 20.8 Å². The molecule has 0 bridgehead atoms. The quantitative estimate of drug-likeness (QED) is 0.754. The third-order valence-corrected chi connectivity index (χ3v) is 4.14. The van der Waals surface area contributed by atoms with Crippen molar-refractivity contribution in [1.29, 1.82) is 0 Å². The van der Waals surface area contributed by atoms with Crippen molar-refractivity contribution >= 4 is 31.7 Å². The van der Waals surface area contributed by atoms with Gasteiger partial charge < -0.3 is 0 Å². The van der Waals surface area contributed by atoms with Gasteiger partial charge in [0, 0.05) is 0 Å². The van der Waals surface area contributed by atoms with Crippen molar-refractivity contribution < 1.29 is 4.39 Å². The molecule has 3 nitrogen and oxygen atoms in total. The summed E-state index contributed by atoms with van der Waals surface area (Å²) >= 11 is -0.0317. The van der Waals surface area contributed by atoms with Crippen molar-refractivity contribution in [2.75, 3.05) is 5.32 Å². The number of nitrogens with zero attached hydrogens (tertiary/aromatic N) is 2. The topological polar surface area (TPSA) is 37.8 Å². The molecule has 0 saturated heterocycles. The van der Waals surface area contributed by atoms with Gasteiger partial charge in [-0.15, -0.1) is 0 Å². The molecule has 19 heavy (non-hydrogen) atoms. The molecule has 1 aromatic heterocycles. The maximum atomic E-state index is 13.5. The van der Waals surface area contributed by atoms with Crippen molar-refractivity contribution in [3.05, 3.63) is 53.3 Å². The third kappa shape index (κ3) is 2.53. The van der Waals surface area contributed by atoms with E-state index in [9.17, 15) is 4.39 Å². The molecule has 0 saturated carbocycles. The van der Waals surface area contributed by atoms with Crippen molar-refractivity contribution in [3.8, 4) is 0 Å². The molecule has 0 radical (unpaired) electrons. The number of aromatic nitrogens is 2. The first kappa shape index (κ1) is 12.3. The Balaban J connectivity index is 1.82. The number of halogens is 1. The number of fused-ring (bicyclic) bond motifs is 1. The first-order valence-corrected chi connectivity index (χ1v) is 7.47. The SMILES string of the molecule is Cc1ccc(CNc2cccc3n[se]nc23)cc1F. The molecule has 0 atom stereocenters.